The topological polar surface area (TPSA) is 66.8 Å². The summed E-state index contributed by atoms with van der Waals surface area (Å²) < 4.78 is 18.8. The van der Waals surface area contributed by atoms with Crippen LogP contribution in [0.5, 0.6) is 5.75 Å². The van der Waals surface area contributed by atoms with E-state index < -0.39 is 23.5 Å². The van der Waals surface area contributed by atoms with Crippen LogP contribution in [-0.4, -0.2) is 27.9 Å². The Kier molecular flexibility index (Phi) is 3.26. The molecule has 2 N–H and O–H groups in total. The van der Waals surface area contributed by atoms with Crippen molar-refractivity contribution in [2.45, 2.75) is 37.9 Å². The molecule has 0 saturated heterocycles. The van der Waals surface area contributed by atoms with Crippen LogP contribution in [0.15, 0.2) is 18.2 Å². The largest absolute Gasteiger partial charge is 0.487 e. The maximum Gasteiger partial charge on any atom is 0.335 e. The van der Waals surface area contributed by atoms with Gasteiger partial charge in [0, 0.05) is 6.07 Å². The summed E-state index contributed by atoms with van der Waals surface area (Å²) in [6.07, 6.45) is 1.70. The maximum atomic E-state index is 13.2. The molecule has 1 aromatic rings. The minimum atomic E-state index is -1.21. The summed E-state index contributed by atoms with van der Waals surface area (Å²) in [5.41, 5.74) is -1.11. The van der Waals surface area contributed by atoms with E-state index in [9.17, 15) is 14.3 Å². The first-order valence-corrected chi connectivity index (χ1v) is 5.81. The minimum Gasteiger partial charge on any atom is -0.487 e. The van der Waals surface area contributed by atoms with Crippen molar-refractivity contribution in [3.63, 3.8) is 0 Å². The number of carbonyl (C=O) groups is 1. The Morgan fingerprint density at radius 3 is 2.78 bits per heavy atom. The Balaban J connectivity index is 2.21. The van der Waals surface area contributed by atoms with Crippen LogP contribution in [0.4, 0.5) is 4.39 Å². The number of benzene rings is 1. The van der Waals surface area contributed by atoms with Crippen molar-refractivity contribution in [1.29, 1.82) is 0 Å². The monoisotopic (exact) mass is 254 g/mol. The summed E-state index contributed by atoms with van der Waals surface area (Å²) in [7, 11) is 0. The standard InChI is InChI=1S/C13H15FO4/c1-13(17)4-2-3-11(13)18-10-6-8(12(15)16)5-9(14)7-10/h5-7,11,17H,2-4H2,1H3,(H,15,16). The third-order valence-corrected chi connectivity index (χ3v) is 3.24. The smallest absolute Gasteiger partial charge is 0.335 e. The van der Waals surface area contributed by atoms with Gasteiger partial charge in [0.05, 0.1) is 11.2 Å². The van der Waals surface area contributed by atoms with Crippen molar-refractivity contribution in [3.8, 4) is 5.75 Å². The number of rotatable bonds is 3. The Bertz CT molecular complexity index is 470. The van der Waals surface area contributed by atoms with Crippen molar-refractivity contribution in [2.75, 3.05) is 0 Å². The van der Waals surface area contributed by atoms with E-state index in [-0.39, 0.29) is 11.3 Å². The van der Waals surface area contributed by atoms with E-state index >= 15 is 0 Å². The highest BCUT2D eigenvalue weighted by Gasteiger charge is 2.38. The van der Waals surface area contributed by atoms with E-state index in [1.54, 1.807) is 6.92 Å². The molecule has 1 saturated carbocycles. The lowest BCUT2D eigenvalue weighted by molar-refractivity contribution is -0.0253. The summed E-state index contributed by atoms with van der Waals surface area (Å²) in [6, 6.07) is 3.32. The van der Waals surface area contributed by atoms with Crippen LogP contribution in [0, 0.1) is 5.82 Å². The molecule has 1 aliphatic carbocycles. The SMILES string of the molecule is CC1(O)CCCC1Oc1cc(F)cc(C(=O)O)c1. The molecule has 2 rings (SSSR count). The zero-order valence-corrected chi connectivity index (χ0v) is 10.0. The first kappa shape index (κ1) is 12.8. The fourth-order valence-corrected chi connectivity index (χ4v) is 2.22. The summed E-state index contributed by atoms with van der Waals surface area (Å²) in [5.74, 6) is -1.74. The molecule has 0 spiro atoms. The number of aromatic carboxylic acids is 1. The van der Waals surface area contributed by atoms with E-state index in [4.69, 9.17) is 9.84 Å². The summed E-state index contributed by atoms with van der Waals surface area (Å²) in [5, 5.41) is 18.9. The second-order valence-corrected chi connectivity index (χ2v) is 4.84. The highest BCUT2D eigenvalue weighted by atomic mass is 19.1. The van der Waals surface area contributed by atoms with Gasteiger partial charge in [-0.25, -0.2) is 9.18 Å². The number of carboxylic acids is 1. The molecule has 0 heterocycles. The molecule has 0 amide bonds. The lowest BCUT2D eigenvalue weighted by Crippen LogP contribution is -2.37. The van der Waals surface area contributed by atoms with Crippen molar-refractivity contribution < 1.29 is 24.1 Å². The molecule has 5 heteroatoms. The van der Waals surface area contributed by atoms with E-state index in [2.05, 4.69) is 0 Å². The highest BCUT2D eigenvalue weighted by Crippen LogP contribution is 2.33. The predicted octanol–water partition coefficient (Wildman–Crippen LogP) is 2.21. The van der Waals surface area contributed by atoms with Crippen LogP contribution in [0.25, 0.3) is 0 Å². The van der Waals surface area contributed by atoms with Crippen molar-refractivity contribution in [1.82, 2.24) is 0 Å². The molecule has 0 radical (unpaired) electrons. The molecule has 2 unspecified atom stereocenters. The van der Waals surface area contributed by atoms with Crippen molar-refractivity contribution in [2.24, 2.45) is 0 Å². The molecule has 2 atom stereocenters. The molecule has 4 nitrogen and oxygen atoms in total. The number of halogens is 1. The van der Waals surface area contributed by atoms with Crippen molar-refractivity contribution >= 4 is 5.97 Å². The maximum absolute atomic E-state index is 13.2. The number of ether oxygens (including phenoxy) is 1. The lowest BCUT2D eigenvalue weighted by Gasteiger charge is -2.26. The van der Waals surface area contributed by atoms with Gasteiger partial charge in [-0.2, -0.15) is 0 Å². The quantitative estimate of drug-likeness (QED) is 0.867. The Morgan fingerprint density at radius 1 is 1.50 bits per heavy atom. The number of hydrogen-bond donors (Lipinski definition) is 2. The second-order valence-electron chi connectivity index (χ2n) is 4.84. The van der Waals surface area contributed by atoms with Crippen LogP contribution < -0.4 is 4.74 Å². The van der Waals surface area contributed by atoms with E-state index in [1.807, 2.05) is 0 Å². The Labute approximate surface area is 104 Å². The van der Waals surface area contributed by atoms with E-state index in [1.165, 1.54) is 6.07 Å². The molecule has 98 valence electrons. The van der Waals surface area contributed by atoms with Crippen LogP contribution in [0.2, 0.25) is 0 Å². The van der Waals surface area contributed by atoms with Gasteiger partial charge in [0.25, 0.3) is 0 Å². The summed E-state index contributed by atoms with van der Waals surface area (Å²) in [6.45, 7) is 1.67. The number of hydrogen-bond acceptors (Lipinski definition) is 3. The molecule has 1 aromatic carbocycles. The minimum absolute atomic E-state index is 0.138. The predicted molar refractivity (Wildman–Crippen MR) is 62.3 cm³/mol. The first-order chi connectivity index (χ1) is 8.38. The third-order valence-electron chi connectivity index (χ3n) is 3.24. The summed E-state index contributed by atoms with van der Waals surface area (Å²) >= 11 is 0. The third kappa shape index (κ3) is 2.61. The number of aliphatic hydroxyl groups is 1. The van der Waals surface area contributed by atoms with E-state index in [0.717, 1.165) is 18.6 Å². The zero-order chi connectivity index (χ0) is 13.3. The van der Waals surface area contributed by atoms with Gasteiger partial charge < -0.3 is 14.9 Å². The molecule has 0 aliphatic heterocycles. The van der Waals surface area contributed by atoms with Gasteiger partial charge >= 0.3 is 5.97 Å². The lowest BCUT2D eigenvalue weighted by atomic mass is 10.0. The van der Waals surface area contributed by atoms with Crippen LogP contribution in [-0.2, 0) is 0 Å². The van der Waals surface area contributed by atoms with Gasteiger partial charge in [-0.05, 0) is 38.3 Å². The molecule has 0 aromatic heterocycles. The van der Waals surface area contributed by atoms with Crippen LogP contribution in [0.1, 0.15) is 36.5 Å². The molecule has 0 bridgehead atoms. The Hall–Kier alpha value is -1.62. The summed E-state index contributed by atoms with van der Waals surface area (Å²) in [4.78, 5) is 10.8. The van der Waals surface area contributed by atoms with Crippen LogP contribution in [0.3, 0.4) is 0 Å². The van der Waals surface area contributed by atoms with Gasteiger partial charge in [0.15, 0.2) is 0 Å². The van der Waals surface area contributed by atoms with Gasteiger partial charge in [-0.3, -0.25) is 0 Å². The second kappa shape index (κ2) is 4.57. The highest BCUT2D eigenvalue weighted by molar-refractivity contribution is 5.88. The van der Waals surface area contributed by atoms with Gasteiger partial charge in [-0.1, -0.05) is 0 Å². The fourth-order valence-electron chi connectivity index (χ4n) is 2.22. The fraction of sp³-hybridized carbons (Fsp3) is 0.462. The molecule has 18 heavy (non-hydrogen) atoms. The van der Waals surface area contributed by atoms with Gasteiger partial charge in [-0.15, -0.1) is 0 Å². The van der Waals surface area contributed by atoms with Gasteiger partial charge in [0.2, 0.25) is 0 Å². The van der Waals surface area contributed by atoms with E-state index in [0.29, 0.717) is 12.8 Å². The zero-order valence-electron chi connectivity index (χ0n) is 10.0. The van der Waals surface area contributed by atoms with Crippen molar-refractivity contribution in [3.05, 3.63) is 29.6 Å². The normalized spacial score (nSPS) is 27.2. The van der Waals surface area contributed by atoms with Gasteiger partial charge in [0.1, 0.15) is 17.7 Å². The molecular weight excluding hydrogens is 239 g/mol. The number of carboxylic acid groups (broad SMARTS) is 1. The van der Waals surface area contributed by atoms with Crippen LogP contribution >= 0.6 is 0 Å². The Morgan fingerprint density at radius 2 is 2.22 bits per heavy atom. The molecule has 1 fully saturated rings. The average Bonchev–Trinajstić information content (AvgIpc) is 2.57. The molecular formula is C13H15FO4. The molecule has 1 aliphatic rings. The first-order valence-electron chi connectivity index (χ1n) is 5.81. The average molecular weight is 254 g/mol.